The summed E-state index contributed by atoms with van der Waals surface area (Å²) < 4.78 is 13.3. The van der Waals surface area contributed by atoms with Gasteiger partial charge in [0, 0.05) is 43.3 Å². The van der Waals surface area contributed by atoms with Gasteiger partial charge in [0.25, 0.3) is 5.91 Å². The van der Waals surface area contributed by atoms with Gasteiger partial charge in [-0.05, 0) is 62.9 Å². The highest BCUT2D eigenvalue weighted by Crippen LogP contribution is 2.43. The molecule has 2 aromatic carbocycles. The number of nitrogens with zero attached hydrogens (tertiary/aromatic N) is 3. The number of carbonyl (C=O) groups is 1. The lowest BCUT2D eigenvalue weighted by molar-refractivity contribution is 0.0773. The third-order valence-corrected chi connectivity index (χ3v) is 6.54. The molecule has 0 unspecified atom stereocenters. The van der Waals surface area contributed by atoms with Gasteiger partial charge in [-0.15, -0.1) is 0 Å². The number of ether oxygens (including phenoxy) is 2. The lowest BCUT2D eigenvalue weighted by Gasteiger charge is -2.30. The Labute approximate surface area is 195 Å². The zero-order chi connectivity index (χ0) is 23.4. The van der Waals surface area contributed by atoms with Gasteiger partial charge in [0.2, 0.25) is 0 Å². The first-order valence-electron chi connectivity index (χ1n) is 11.7. The molecule has 1 saturated carbocycles. The number of aromatic nitrogens is 1. The average molecular weight is 446 g/mol. The summed E-state index contributed by atoms with van der Waals surface area (Å²) in [7, 11) is 1.65. The molecule has 1 fully saturated rings. The number of hydrogen-bond donors (Lipinski definition) is 0. The molecule has 3 aromatic rings. The van der Waals surface area contributed by atoms with Gasteiger partial charge in [0.05, 0.1) is 23.4 Å². The quantitative estimate of drug-likeness (QED) is 0.413. The fourth-order valence-corrected chi connectivity index (χ4v) is 4.51. The molecule has 1 aromatic heterocycles. The number of carbonyl (C=O) groups excluding carboxylic acids is 1. The molecule has 6 heteroatoms. The predicted octanol–water partition coefficient (Wildman–Crippen LogP) is 5.41. The number of methoxy groups -OCH3 is 1. The molecule has 33 heavy (non-hydrogen) atoms. The first-order valence-corrected chi connectivity index (χ1v) is 11.7. The molecule has 0 N–H and O–H groups in total. The maximum absolute atomic E-state index is 12.7. The van der Waals surface area contributed by atoms with Crippen LogP contribution >= 0.6 is 0 Å². The van der Waals surface area contributed by atoms with Gasteiger partial charge in [0.1, 0.15) is 18.4 Å². The van der Waals surface area contributed by atoms with E-state index < -0.39 is 0 Å². The summed E-state index contributed by atoms with van der Waals surface area (Å²) in [5.41, 5.74) is 4.23. The van der Waals surface area contributed by atoms with Crippen molar-refractivity contribution in [3.05, 3.63) is 53.6 Å². The lowest BCUT2D eigenvalue weighted by Crippen LogP contribution is -2.30. The maximum atomic E-state index is 12.7. The number of fused-ring (bicyclic) bond motifs is 1. The molecule has 4 rings (SSSR count). The number of hydrogen-bond acceptors (Lipinski definition) is 4. The van der Waals surface area contributed by atoms with Crippen LogP contribution in [0.5, 0.6) is 5.75 Å². The molecule has 1 aliphatic rings. The molecule has 0 spiro atoms. The molecule has 0 radical (unpaired) electrons. The van der Waals surface area contributed by atoms with Crippen molar-refractivity contribution in [3.8, 4) is 23.1 Å². The van der Waals surface area contributed by atoms with E-state index in [1.165, 1.54) is 6.42 Å². The summed E-state index contributed by atoms with van der Waals surface area (Å²) in [4.78, 5) is 14.6. The van der Waals surface area contributed by atoms with Crippen molar-refractivity contribution in [1.82, 2.24) is 9.47 Å². The second-order valence-corrected chi connectivity index (χ2v) is 8.37. The van der Waals surface area contributed by atoms with Crippen LogP contribution in [0.3, 0.4) is 0 Å². The van der Waals surface area contributed by atoms with Crippen molar-refractivity contribution < 1.29 is 14.3 Å². The summed E-state index contributed by atoms with van der Waals surface area (Å²) in [5, 5.41) is 11.0. The van der Waals surface area contributed by atoms with Crippen molar-refractivity contribution in [3.63, 3.8) is 0 Å². The van der Waals surface area contributed by atoms with Crippen molar-refractivity contribution >= 4 is 16.8 Å². The van der Waals surface area contributed by atoms with Crippen LogP contribution in [0.15, 0.2) is 42.5 Å². The van der Waals surface area contributed by atoms with E-state index in [1.807, 2.05) is 61.2 Å². The zero-order valence-corrected chi connectivity index (χ0v) is 19.6. The third-order valence-electron chi connectivity index (χ3n) is 6.54. The van der Waals surface area contributed by atoms with Gasteiger partial charge in [-0.1, -0.05) is 12.1 Å². The first-order chi connectivity index (χ1) is 16.1. The Morgan fingerprint density at radius 3 is 2.42 bits per heavy atom. The smallest absolute Gasteiger partial charge is 0.253 e. The van der Waals surface area contributed by atoms with Crippen LogP contribution in [0.4, 0.5) is 0 Å². The van der Waals surface area contributed by atoms with E-state index in [0.29, 0.717) is 43.5 Å². The van der Waals surface area contributed by atoms with Gasteiger partial charge < -0.3 is 18.9 Å². The highest BCUT2D eigenvalue weighted by Gasteiger charge is 2.28. The fourth-order valence-electron chi connectivity index (χ4n) is 4.51. The Hall–Kier alpha value is -3.30. The largest absolute Gasteiger partial charge is 0.491 e. The first kappa shape index (κ1) is 22.9. The highest BCUT2D eigenvalue weighted by atomic mass is 16.5. The molecule has 0 aliphatic heterocycles. The number of rotatable bonds is 9. The minimum Gasteiger partial charge on any atom is -0.491 e. The second-order valence-electron chi connectivity index (χ2n) is 8.37. The lowest BCUT2D eigenvalue weighted by atomic mass is 9.92. The van der Waals surface area contributed by atoms with Crippen LogP contribution in [0.2, 0.25) is 0 Å². The molecule has 172 valence electrons. The number of nitriles is 1. The van der Waals surface area contributed by atoms with E-state index in [2.05, 4.69) is 10.6 Å². The van der Waals surface area contributed by atoms with Crippen LogP contribution in [-0.4, -0.2) is 48.8 Å². The second kappa shape index (κ2) is 10.1. The average Bonchev–Trinajstić information content (AvgIpc) is 3.12. The predicted molar refractivity (Wildman–Crippen MR) is 130 cm³/mol. The maximum Gasteiger partial charge on any atom is 0.253 e. The summed E-state index contributed by atoms with van der Waals surface area (Å²) in [5.74, 6) is 0.804. The molecule has 6 nitrogen and oxygen atoms in total. The Kier molecular flexibility index (Phi) is 7.00. The summed E-state index contributed by atoms with van der Waals surface area (Å²) in [6, 6.07) is 16.4. The van der Waals surface area contributed by atoms with Crippen LogP contribution in [-0.2, 0) is 4.74 Å². The Morgan fingerprint density at radius 2 is 1.85 bits per heavy atom. The van der Waals surface area contributed by atoms with E-state index in [1.54, 1.807) is 7.11 Å². The van der Waals surface area contributed by atoms with Crippen molar-refractivity contribution in [1.29, 1.82) is 5.26 Å². The fraction of sp³-hybridized carbons (Fsp3) is 0.407. The van der Waals surface area contributed by atoms with Crippen molar-refractivity contribution in [2.45, 2.75) is 39.2 Å². The van der Waals surface area contributed by atoms with E-state index in [4.69, 9.17) is 9.47 Å². The third kappa shape index (κ3) is 4.34. The normalized spacial score (nSPS) is 13.5. The van der Waals surface area contributed by atoms with Crippen LogP contribution < -0.4 is 4.74 Å². The topological polar surface area (TPSA) is 67.5 Å². The van der Waals surface area contributed by atoms with Crippen LogP contribution in [0.1, 0.15) is 55.1 Å². The minimum absolute atomic E-state index is 0.0319. The molecular weight excluding hydrogens is 414 g/mol. The molecule has 1 heterocycles. The Balaban J connectivity index is 1.79. The Bertz CT molecular complexity index is 1170. The van der Waals surface area contributed by atoms with E-state index >= 15 is 0 Å². The SMILES string of the molecule is CCN(CC)C(=O)c1ccc(-c2c(C#N)c3ccc(OCCOC)cc3n2C2CCC2)cc1. The van der Waals surface area contributed by atoms with Gasteiger partial charge >= 0.3 is 0 Å². The van der Waals surface area contributed by atoms with E-state index in [9.17, 15) is 10.1 Å². The molecule has 1 aliphatic carbocycles. The number of amides is 1. The minimum atomic E-state index is 0.0319. The van der Waals surface area contributed by atoms with Crippen molar-refractivity contribution in [2.75, 3.05) is 33.4 Å². The van der Waals surface area contributed by atoms with Gasteiger partial charge in [0.15, 0.2) is 0 Å². The molecule has 0 atom stereocenters. The van der Waals surface area contributed by atoms with Gasteiger partial charge in [-0.2, -0.15) is 5.26 Å². The van der Waals surface area contributed by atoms with Gasteiger partial charge in [-0.25, -0.2) is 0 Å². The zero-order valence-electron chi connectivity index (χ0n) is 19.6. The summed E-state index contributed by atoms with van der Waals surface area (Å²) in [6.07, 6.45) is 3.37. The Morgan fingerprint density at radius 1 is 1.12 bits per heavy atom. The van der Waals surface area contributed by atoms with E-state index in [-0.39, 0.29) is 5.91 Å². The van der Waals surface area contributed by atoms with Gasteiger partial charge in [-0.3, -0.25) is 4.79 Å². The molecule has 1 amide bonds. The summed E-state index contributed by atoms with van der Waals surface area (Å²) >= 11 is 0. The van der Waals surface area contributed by atoms with Crippen LogP contribution in [0, 0.1) is 11.3 Å². The monoisotopic (exact) mass is 445 g/mol. The molecule has 0 saturated heterocycles. The standard InChI is InChI=1S/C27H31N3O3/c1-4-29(5-2)27(31)20-11-9-19(10-12-20)26-24(18-28)23-14-13-22(33-16-15-32-3)17-25(23)30(26)21-7-6-8-21/h9-14,17,21H,4-8,15-16H2,1-3H3. The van der Waals surface area contributed by atoms with Crippen molar-refractivity contribution in [2.24, 2.45) is 0 Å². The van der Waals surface area contributed by atoms with Crippen LogP contribution in [0.25, 0.3) is 22.2 Å². The molecule has 0 bridgehead atoms. The summed E-state index contributed by atoms with van der Waals surface area (Å²) in [6.45, 7) is 6.33. The van der Waals surface area contributed by atoms with E-state index in [0.717, 1.165) is 40.8 Å². The molecular formula is C27H31N3O3. The number of benzene rings is 2. The highest BCUT2D eigenvalue weighted by molar-refractivity contribution is 5.97.